The van der Waals surface area contributed by atoms with Gasteiger partial charge in [-0.1, -0.05) is 37.3 Å². The fourth-order valence-electron chi connectivity index (χ4n) is 3.57. The molecule has 0 radical (unpaired) electrons. The number of hydrogen-bond acceptors (Lipinski definition) is 3. The van der Waals surface area contributed by atoms with E-state index in [1.165, 1.54) is 24.3 Å². The van der Waals surface area contributed by atoms with Crippen LogP contribution in [0.25, 0.3) is 0 Å². The van der Waals surface area contributed by atoms with E-state index in [1.54, 1.807) is 4.90 Å². The van der Waals surface area contributed by atoms with Crippen molar-refractivity contribution < 1.29 is 14.0 Å². The molecule has 0 saturated carbocycles. The maximum atomic E-state index is 13.3. The minimum atomic E-state index is -0.375. The van der Waals surface area contributed by atoms with E-state index in [-0.39, 0.29) is 30.0 Å². The Balaban J connectivity index is 1.70. The lowest BCUT2D eigenvalue weighted by Gasteiger charge is -2.30. The number of hydrogen-bond donors (Lipinski definition) is 1. The van der Waals surface area contributed by atoms with Gasteiger partial charge in [0.05, 0.1) is 0 Å². The second-order valence-corrected chi connectivity index (χ2v) is 7.45. The van der Waals surface area contributed by atoms with E-state index >= 15 is 0 Å². The molecule has 0 spiro atoms. The highest BCUT2D eigenvalue weighted by Gasteiger charge is 2.22. The molecular weight excluding hydrogens is 369 g/mol. The molecule has 1 aliphatic rings. The molecule has 1 heterocycles. The van der Waals surface area contributed by atoms with Gasteiger partial charge in [-0.05, 0) is 35.7 Å². The first kappa shape index (κ1) is 21.0. The lowest BCUT2D eigenvalue weighted by atomic mass is 10.00. The number of nitrogens with one attached hydrogen (secondary N) is 1. The summed E-state index contributed by atoms with van der Waals surface area (Å²) in [6.07, 6.45) is 0.286. The summed E-state index contributed by atoms with van der Waals surface area (Å²) in [6, 6.07) is 15.6. The average Bonchev–Trinajstić information content (AvgIpc) is 2.77. The number of halogens is 1. The summed E-state index contributed by atoms with van der Waals surface area (Å²) >= 11 is 0. The van der Waals surface area contributed by atoms with Crippen molar-refractivity contribution >= 4 is 11.8 Å². The molecule has 1 saturated heterocycles. The van der Waals surface area contributed by atoms with E-state index in [0.29, 0.717) is 31.7 Å². The van der Waals surface area contributed by atoms with E-state index in [0.717, 1.165) is 18.7 Å². The Morgan fingerprint density at radius 2 is 1.72 bits per heavy atom. The van der Waals surface area contributed by atoms with Crippen molar-refractivity contribution in [2.24, 2.45) is 0 Å². The van der Waals surface area contributed by atoms with Gasteiger partial charge in [-0.25, -0.2) is 4.39 Å². The Morgan fingerprint density at radius 3 is 2.38 bits per heavy atom. The fraction of sp³-hybridized carbons (Fsp3) is 0.391. The highest BCUT2D eigenvalue weighted by atomic mass is 19.1. The smallest absolute Gasteiger partial charge is 0.253 e. The van der Waals surface area contributed by atoms with Crippen LogP contribution in [0.1, 0.15) is 35.2 Å². The summed E-state index contributed by atoms with van der Waals surface area (Å²) in [5.74, 6) is -0.369. The molecule has 1 aliphatic heterocycles. The summed E-state index contributed by atoms with van der Waals surface area (Å²) < 4.78 is 13.3. The predicted octanol–water partition coefficient (Wildman–Crippen LogP) is 2.89. The van der Waals surface area contributed by atoms with Crippen LogP contribution in [0.4, 0.5) is 4.39 Å². The first-order chi connectivity index (χ1) is 14.0. The normalized spacial score (nSPS) is 15.0. The molecular formula is C23H28FN3O2. The second-order valence-electron chi connectivity index (χ2n) is 7.45. The van der Waals surface area contributed by atoms with E-state index < -0.39 is 0 Å². The Kier molecular flexibility index (Phi) is 7.36. The van der Waals surface area contributed by atoms with Crippen molar-refractivity contribution in [1.82, 2.24) is 15.1 Å². The van der Waals surface area contributed by atoms with Crippen molar-refractivity contribution in [1.29, 1.82) is 0 Å². The lowest BCUT2D eigenvalue weighted by Crippen LogP contribution is -2.47. The average molecular weight is 397 g/mol. The quantitative estimate of drug-likeness (QED) is 0.782. The van der Waals surface area contributed by atoms with Crippen LogP contribution < -0.4 is 5.32 Å². The molecule has 5 nitrogen and oxygen atoms in total. The molecule has 6 heteroatoms. The highest BCUT2D eigenvalue weighted by Crippen LogP contribution is 2.18. The Bertz CT molecular complexity index is 805. The summed E-state index contributed by atoms with van der Waals surface area (Å²) in [5, 5.41) is 3.23. The molecule has 1 unspecified atom stereocenters. The minimum absolute atomic E-state index is 0.0655. The summed E-state index contributed by atoms with van der Waals surface area (Å²) in [6.45, 7) is 5.91. The van der Waals surface area contributed by atoms with Gasteiger partial charge in [-0.2, -0.15) is 0 Å². The second kappa shape index (κ2) is 10.2. The minimum Gasteiger partial charge on any atom is -0.340 e. The molecule has 2 aromatic carbocycles. The van der Waals surface area contributed by atoms with E-state index in [4.69, 9.17) is 0 Å². The Morgan fingerprint density at radius 1 is 1.07 bits per heavy atom. The van der Waals surface area contributed by atoms with Crippen molar-refractivity contribution in [2.75, 3.05) is 39.3 Å². The number of carbonyl (C=O) groups excluding carboxylic acids is 2. The van der Waals surface area contributed by atoms with Crippen LogP contribution in [0.15, 0.2) is 54.6 Å². The summed E-state index contributed by atoms with van der Waals surface area (Å²) in [4.78, 5) is 29.2. The zero-order chi connectivity index (χ0) is 20.6. The third-order valence-corrected chi connectivity index (χ3v) is 5.31. The van der Waals surface area contributed by atoms with Gasteiger partial charge in [0.15, 0.2) is 0 Å². The van der Waals surface area contributed by atoms with Gasteiger partial charge < -0.3 is 15.1 Å². The van der Waals surface area contributed by atoms with E-state index in [2.05, 4.69) is 12.2 Å². The molecule has 154 valence electrons. The molecule has 1 atom stereocenters. The summed E-state index contributed by atoms with van der Waals surface area (Å²) in [5.41, 5.74) is 1.57. The topological polar surface area (TPSA) is 52.7 Å². The number of benzene rings is 2. The van der Waals surface area contributed by atoms with Gasteiger partial charge in [0.2, 0.25) is 5.91 Å². The number of amides is 2. The molecule has 0 aromatic heterocycles. The van der Waals surface area contributed by atoms with Gasteiger partial charge >= 0.3 is 0 Å². The predicted molar refractivity (Wildman–Crippen MR) is 111 cm³/mol. The number of rotatable bonds is 7. The van der Waals surface area contributed by atoms with Crippen molar-refractivity contribution in [2.45, 2.75) is 19.3 Å². The van der Waals surface area contributed by atoms with Crippen LogP contribution in [0, 0.1) is 5.82 Å². The van der Waals surface area contributed by atoms with E-state index in [9.17, 15) is 14.0 Å². The number of carbonyl (C=O) groups is 2. The van der Waals surface area contributed by atoms with Gasteiger partial charge in [0.1, 0.15) is 5.82 Å². The van der Waals surface area contributed by atoms with Crippen LogP contribution in [-0.4, -0.2) is 60.9 Å². The van der Waals surface area contributed by atoms with Gasteiger partial charge in [-0.3, -0.25) is 9.59 Å². The molecule has 29 heavy (non-hydrogen) atoms. The molecule has 2 aromatic rings. The molecule has 0 aliphatic carbocycles. The first-order valence-electron chi connectivity index (χ1n) is 10.1. The van der Waals surface area contributed by atoms with Crippen LogP contribution in [0.3, 0.4) is 0 Å². The third kappa shape index (κ3) is 5.87. The number of piperazine rings is 1. The molecule has 2 amide bonds. The third-order valence-electron chi connectivity index (χ3n) is 5.31. The standard InChI is InChI=1S/C23H28FN3O2/c1-18(19-5-3-2-4-6-19)17-27(23(29)20-7-9-21(24)10-8-20)14-11-22(28)26-15-12-25-13-16-26/h2-10,18,25H,11-17H2,1H3. The monoisotopic (exact) mass is 397 g/mol. The molecule has 0 bridgehead atoms. The maximum absolute atomic E-state index is 13.3. The maximum Gasteiger partial charge on any atom is 0.253 e. The Hall–Kier alpha value is -2.73. The van der Waals surface area contributed by atoms with Crippen LogP contribution in [-0.2, 0) is 4.79 Å². The molecule has 3 rings (SSSR count). The number of nitrogens with zero attached hydrogens (tertiary/aromatic N) is 2. The zero-order valence-corrected chi connectivity index (χ0v) is 16.8. The van der Waals surface area contributed by atoms with Gasteiger partial charge in [-0.15, -0.1) is 0 Å². The molecule has 1 fully saturated rings. The largest absolute Gasteiger partial charge is 0.340 e. The van der Waals surface area contributed by atoms with Gasteiger partial charge in [0.25, 0.3) is 5.91 Å². The van der Waals surface area contributed by atoms with Gasteiger partial charge in [0, 0.05) is 51.3 Å². The lowest BCUT2D eigenvalue weighted by molar-refractivity contribution is -0.131. The zero-order valence-electron chi connectivity index (χ0n) is 16.8. The first-order valence-corrected chi connectivity index (χ1v) is 10.1. The van der Waals surface area contributed by atoms with Crippen molar-refractivity contribution in [3.8, 4) is 0 Å². The van der Waals surface area contributed by atoms with E-state index in [1.807, 2.05) is 35.2 Å². The van der Waals surface area contributed by atoms with Crippen LogP contribution in [0.5, 0.6) is 0 Å². The SMILES string of the molecule is CC(CN(CCC(=O)N1CCNCC1)C(=O)c1ccc(F)cc1)c1ccccc1. The highest BCUT2D eigenvalue weighted by molar-refractivity contribution is 5.94. The summed E-state index contributed by atoms with van der Waals surface area (Å²) in [7, 11) is 0. The molecule has 1 N–H and O–H groups in total. The van der Waals surface area contributed by atoms with Crippen molar-refractivity contribution in [3.63, 3.8) is 0 Å². The van der Waals surface area contributed by atoms with Crippen LogP contribution in [0.2, 0.25) is 0 Å². The van der Waals surface area contributed by atoms with Crippen molar-refractivity contribution in [3.05, 3.63) is 71.5 Å². The fourth-order valence-corrected chi connectivity index (χ4v) is 3.57. The Labute approximate surface area is 171 Å². The van der Waals surface area contributed by atoms with Crippen LogP contribution >= 0.6 is 0 Å².